The monoisotopic (exact) mass is 760 g/mol. The van der Waals surface area contributed by atoms with Crippen molar-refractivity contribution in [3.8, 4) is 0 Å². The summed E-state index contributed by atoms with van der Waals surface area (Å²) < 4.78 is 0. The number of hydrogen-bond acceptors (Lipinski definition) is 4. The first-order chi connectivity index (χ1) is 26.5. The first-order valence-electron chi connectivity index (χ1n) is 23.8. The predicted octanol–water partition coefficient (Wildman–Crippen LogP) is 13.9. The first-order valence-corrected chi connectivity index (χ1v) is 23.8. The van der Waals surface area contributed by atoms with Crippen molar-refractivity contribution < 1.29 is 20.1 Å². The van der Waals surface area contributed by atoms with Crippen molar-refractivity contribution >= 4 is 5.91 Å². The largest absolute Gasteiger partial charge is 0.394 e. The summed E-state index contributed by atoms with van der Waals surface area (Å²) in [6.45, 7) is 4.19. The Morgan fingerprint density at radius 2 is 0.833 bits per heavy atom. The van der Waals surface area contributed by atoms with E-state index in [1.807, 2.05) is 6.08 Å². The number of hydrogen-bond donors (Lipinski definition) is 4. The maximum atomic E-state index is 12.4. The van der Waals surface area contributed by atoms with Crippen LogP contribution >= 0.6 is 0 Å². The number of rotatable bonds is 43. The van der Waals surface area contributed by atoms with Crippen molar-refractivity contribution in [2.24, 2.45) is 0 Å². The third kappa shape index (κ3) is 40.2. The quantitative estimate of drug-likeness (QED) is 0.0368. The fourth-order valence-electron chi connectivity index (χ4n) is 7.25. The SMILES string of the molecule is CCCCC/C=C\C/C=C\CCCCCCCC(O)CC(=O)NC(CO)C(O)/C=C/CCCCCCCCCCCCCCCCCCCCCCCC. The Morgan fingerprint density at radius 1 is 0.481 bits per heavy atom. The highest BCUT2D eigenvalue weighted by atomic mass is 16.3. The molecule has 4 N–H and O–H groups in total. The highest BCUT2D eigenvalue weighted by molar-refractivity contribution is 5.76. The highest BCUT2D eigenvalue weighted by Gasteiger charge is 2.20. The molecule has 0 aliphatic heterocycles. The first kappa shape index (κ1) is 52.6. The van der Waals surface area contributed by atoms with Crippen LogP contribution in [0, 0.1) is 0 Å². The Hall–Kier alpha value is -1.43. The molecule has 1 amide bonds. The number of allylic oxidation sites excluding steroid dienone is 5. The smallest absolute Gasteiger partial charge is 0.222 e. The summed E-state index contributed by atoms with van der Waals surface area (Å²) in [7, 11) is 0. The molecule has 0 saturated carbocycles. The lowest BCUT2D eigenvalue weighted by Gasteiger charge is -2.21. The fraction of sp³-hybridized carbons (Fsp3) is 0.857. The Labute approximate surface area is 336 Å². The molecule has 5 nitrogen and oxygen atoms in total. The van der Waals surface area contributed by atoms with Gasteiger partial charge in [-0.3, -0.25) is 4.79 Å². The van der Waals surface area contributed by atoms with Crippen molar-refractivity contribution in [2.45, 2.75) is 263 Å². The van der Waals surface area contributed by atoms with E-state index in [-0.39, 0.29) is 18.9 Å². The molecule has 0 aromatic carbocycles. The van der Waals surface area contributed by atoms with Gasteiger partial charge in [-0.2, -0.15) is 0 Å². The Balaban J connectivity index is 3.63. The summed E-state index contributed by atoms with van der Waals surface area (Å²) in [5.74, 6) is -0.323. The number of carbonyl (C=O) groups is 1. The van der Waals surface area contributed by atoms with Gasteiger partial charge in [0.25, 0.3) is 0 Å². The van der Waals surface area contributed by atoms with Crippen molar-refractivity contribution in [3.05, 3.63) is 36.5 Å². The second-order valence-corrected chi connectivity index (χ2v) is 16.4. The van der Waals surface area contributed by atoms with E-state index in [2.05, 4.69) is 43.5 Å². The standard InChI is InChI=1S/C49H93NO4/c1-3-5-7-9-11-13-15-17-19-20-21-22-23-24-25-26-27-29-31-33-35-37-39-41-43-48(53)47(45-51)50-49(54)44-46(52)42-40-38-36-34-32-30-28-18-16-14-12-10-8-6-4-2/h12,14,18,28,41,43,46-48,51-53H,3-11,13,15-17,19-27,29-40,42,44-45H2,1-2H3,(H,50,54)/b14-12-,28-18-,43-41+. The summed E-state index contributed by atoms with van der Waals surface area (Å²) in [5.41, 5.74) is 0. The van der Waals surface area contributed by atoms with Gasteiger partial charge in [0.1, 0.15) is 0 Å². The Morgan fingerprint density at radius 3 is 1.26 bits per heavy atom. The molecule has 3 unspecified atom stereocenters. The molecule has 318 valence electrons. The third-order valence-corrected chi connectivity index (χ3v) is 10.9. The molecule has 0 aliphatic carbocycles. The van der Waals surface area contributed by atoms with Crippen LogP contribution in [0.25, 0.3) is 0 Å². The van der Waals surface area contributed by atoms with Gasteiger partial charge in [0.2, 0.25) is 5.91 Å². The Bertz CT molecular complexity index is 840. The molecule has 0 rings (SSSR count). The van der Waals surface area contributed by atoms with E-state index >= 15 is 0 Å². The average Bonchev–Trinajstić information content (AvgIpc) is 3.16. The predicted molar refractivity (Wildman–Crippen MR) is 236 cm³/mol. The molecule has 0 fully saturated rings. The van der Waals surface area contributed by atoms with E-state index in [1.165, 1.54) is 173 Å². The lowest BCUT2D eigenvalue weighted by Crippen LogP contribution is -2.45. The van der Waals surface area contributed by atoms with Crippen molar-refractivity contribution in [3.63, 3.8) is 0 Å². The van der Waals surface area contributed by atoms with Crippen LogP contribution in [-0.4, -0.2) is 46.1 Å². The van der Waals surface area contributed by atoms with Gasteiger partial charge in [-0.05, 0) is 51.4 Å². The summed E-state index contributed by atoms with van der Waals surface area (Å²) in [4.78, 5) is 12.4. The van der Waals surface area contributed by atoms with Gasteiger partial charge in [-0.25, -0.2) is 0 Å². The van der Waals surface area contributed by atoms with Crippen LogP contribution in [0.5, 0.6) is 0 Å². The summed E-state index contributed by atoms with van der Waals surface area (Å²) in [6.07, 6.45) is 55.8. The van der Waals surface area contributed by atoms with Gasteiger partial charge >= 0.3 is 0 Å². The van der Waals surface area contributed by atoms with Crippen LogP contribution in [0.15, 0.2) is 36.5 Å². The van der Waals surface area contributed by atoms with Crippen molar-refractivity contribution in [1.29, 1.82) is 0 Å². The van der Waals surface area contributed by atoms with E-state index in [4.69, 9.17) is 0 Å². The molecule has 0 bridgehead atoms. The van der Waals surface area contributed by atoms with Crippen LogP contribution in [0.1, 0.15) is 245 Å². The van der Waals surface area contributed by atoms with Crippen molar-refractivity contribution in [1.82, 2.24) is 5.32 Å². The number of amides is 1. The van der Waals surface area contributed by atoms with E-state index in [0.29, 0.717) is 6.42 Å². The Kier molecular flexibility index (Phi) is 43.1. The minimum Gasteiger partial charge on any atom is -0.394 e. The molecule has 0 radical (unpaired) electrons. The number of unbranched alkanes of at least 4 members (excludes halogenated alkanes) is 30. The zero-order valence-electron chi connectivity index (χ0n) is 36.1. The van der Waals surface area contributed by atoms with Gasteiger partial charge in [-0.15, -0.1) is 0 Å². The normalized spacial score (nSPS) is 13.8. The van der Waals surface area contributed by atoms with Gasteiger partial charge in [-0.1, -0.05) is 224 Å². The minimum atomic E-state index is -0.933. The number of carbonyl (C=O) groups excluding carboxylic acids is 1. The molecule has 3 atom stereocenters. The maximum Gasteiger partial charge on any atom is 0.222 e. The second-order valence-electron chi connectivity index (χ2n) is 16.4. The van der Waals surface area contributed by atoms with Crippen LogP contribution in [0.3, 0.4) is 0 Å². The zero-order chi connectivity index (χ0) is 39.4. The van der Waals surface area contributed by atoms with Crippen LogP contribution in [-0.2, 0) is 4.79 Å². The zero-order valence-corrected chi connectivity index (χ0v) is 36.1. The lowest BCUT2D eigenvalue weighted by atomic mass is 10.0. The molecule has 0 aliphatic rings. The fourth-order valence-corrected chi connectivity index (χ4v) is 7.25. The third-order valence-electron chi connectivity index (χ3n) is 10.9. The highest BCUT2D eigenvalue weighted by Crippen LogP contribution is 2.16. The summed E-state index contributed by atoms with van der Waals surface area (Å²) >= 11 is 0. The van der Waals surface area contributed by atoms with Crippen molar-refractivity contribution in [2.75, 3.05) is 6.61 Å². The number of aliphatic hydroxyl groups is 3. The maximum absolute atomic E-state index is 12.4. The summed E-state index contributed by atoms with van der Waals surface area (Å²) in [5, 5.41) is 33.3. The van der Waals surface area contributed by atoms with Crippen LogP contribution in [0.2, 0.25) is 0 Å². The van der Waals surface area contributed by atoms with E-state index in [1.54, 1.807) is 6.08 Å². The van der Waals surface area contributed by atoms with Gasteiger partial charge in [0, 0.05) is 0 Å². The molecule has 5 heteroatoms. The topological polar surface area (TPSA) is 89.8 Å². The van der Waals surface area contributed by atoms with Gasteiger partial charge < -0.3 is 20.6 Å². The lowest BCUT2D eigenvalue weighted by molar-refractivity contribution is -0.124. The number of aliphatic hydroxyl groups excluding tert-OH is 3. The molecular weight excluding hydrogens is 667 g/mol. The second kappa shape index (κ2) is 44.3. The van der Waals surface area contributed by atoms with E-state index < -0.39 is 18.2 Å². The minimum absolute atomic E-state index is 0.00422. The summed E-state index contributed by atoms with van der Waals surface area (Å²) in [6, 6.07) is -0.749. The van der Waals surface area contributed by atoms with E-state index in [0.717, 1.165) is 44.9 Å². The van der Waals surface area contributed by atoms with Gasteiger partial charge in [0.05, 0.1) is 31.3 Å². The van der Waals surface area contributed by atoms with Crippen LogP contribution in [0.4, 0.5) is 0 Å². The molecule has 0 aromatic heterocycles. The average molecular weight is 760 g/mol. The molecule has 0 aromatic rings. The molecular formula is C49H93NO4. The molecule has 0 heterocycles. The molecule has 54 heavy (non-hydrogen) atoms. The van der Waals surface area contributed by atoms with Crippen LogP contribution < -0.4 is 5.32 Å². The molecule has 0 saturated heterocycles. The molecule has 0 spiro atoms. The van der Waals surface area contributed by atoms with Gasteiger partial charge in [0.15, 0.2) is 0 Å². The number of nitrogens with one attached hydrogen (secondary N) is 1. The van der Waals surface area contributed by atoms with E-state index in [9.17, 15) is 20.1 Å².